The molecular formula is C21H16F4N2O2. The van der Waals surface area contributed by atoms with Gasteiger partial charge in [-0.15, -0.1) is 0 Å². The molecule has 1 amide bonds. The van der Waals surface area contributed by atoms with Gasteiger partial charge in [-0.2, -0.15) is 13.2 Å². The Morgan fingerprint density at radius 2 is 1.79 bits per heavy atom. The Morgan fingerprint density at radius 1 is 1.07 bits per heavy atom. The van der Waals surface area contributed by atoms with Gasteiger partial charge in [-0.1, -0.05) is 12.1 Å². The number of nitrogens with zero attached hydrogens (tertiary/aromatic N) is 1. The number of nitrogens with one attached hydrogen (secondary N) is 1. The zero-order chi connectivity index (χ0) is 21.0. The summed E-state index contributed by atoms with van der Waals surface area (Å²) < 4.78 is 57.6. The maximum atomic E-state index is 13.7. The van der Waals surface area contributed by atoms with Crippen molar-refractivity contribution < 1.29 is 27.1 Å². The van der Waals surface area contributed by atoms with Crippen LogP contribution in [0.15, 0.2) is 60.7 Å². The van der Waals surface area contributed by atoms with E-state index in [0.29, 0.717) is 12.1 Å². The highest BCUT2D eigenvalue weighted by molar-refractivity contribution is 5.93. The Bertz CT molecular complexity index is 1020. The summed E-state index contributed by atoms with van der Waals surface area (Å²) in [4.78, 5) is 16.4. The van der Waals surface area contributed by atoms with Crippen molar-refractivity contribution in [2.24, 2.45) is 0 Å². The molecule has 0 spiro atoms. The predicted molar refractivity (Wildman–Crippen MR) is 99.2 cm³/mol. The minimum Gasteiger partial charge on any atom is -0.455 e. The minimum absolute atomic E-state index is 0.103. The first-order valence-electron chi connectivity index (χ1n) is 8.68. The Hall–Kier alpha value is -3.42. The molecule has 0 fully saturated rings. The molecule has 0 aliphatic carbocycles. The van der Waals surface area contributed by atoms with Crippen molar-refractivity contribution in [1.29, 1.82) is 0 Å². The largest absolute Gasteiger partial charge is 0.455 e. The highest BCUT2D eigenvalue weighted by Gasteiger charge is 2.30. The number of carbonyl (C=O) groups is 1. The average Bonchev–Trinajstić information content (AvgIpc) is 2.68. The van der Waals surface area contributed by atoms with Gasteiger partial charge in [-0.3, -0.25) is 4.79 Å². The van der Waals surface area contributed by atoms with Crippen molar-refractivity contribution in [1.82, 2.24) is 10.3 Å². The van der Waals surface area contributed by atoms with Crippen LogP contribution in [0.5, 0.6) is 11.5 Å². The van der Waals surface area contributed by atoms with E-state index in [1.54, 1.807) is 13.0 Å². The number of alkyl halides is 3. The van der Waals surface area contributed by atoms with E-state index < -0.39 is 23.5 Å². The lowest BCUT2D eigenvalue weighted by Crippen LogP contribution is -2.23. The Labute approximate surface area is 164 Å². The molecule has 0 unspecified atom stereocenters. The van der Waals surface area contributed by atoms with E-state index in [0.717, 1.165) is 12.1 Å². The molecule has 0 atom stereocenters. The van der Waals surface area contributed by atoms with Crippen LogP contribution in [0.2, 0.25) is 0 Å². The summed E-state index contributed by atoms with van der Waals surface area (Å²) in [7, 11) is 0. The van der Waals surface area contributed by atoms with Crippen LogP contribution in [0.1, 0.15) is 23.0 Å². The molecule has 29 heavy (non-hydrogen) atoms. The molecular weight excluding hydrogens is 388 g/mol. The molecule has 0 aliphatic heterocycles. The first-order chi connectivity index (χ1) is 13.8. The van der Waals surface area contributed by atoms with Crippen LogP contribution in [-0.4, -0.2) is 17.4 Å². The van der Waals surface area contributed by atoms with Gasteiger partial charge in [0.2, 0.25) is 0 Å². The SMILES string of the molecule is CCNC(=O)c1ccc(Oc2ccc(C(F)(F)F)cc2)c(-c2cccc(F)c2)n1. The summed E-state index contributed by atoms with van der Waals surface area (Å²) in [6.07, 6.45) is -4.46. The molecule has 0 saturated carbocycles. The molecule has 1 N–H and O–H groups in total. The maximum Gasteiger partial charge on any atom is 0.416 e. The molecule has 0 radical (unpaired) electrons. The number of amides is 1. The second-order valence-electron chi connectivity index (χ2n) is 6.04. The second kappa shape index (κ2) is 8.30. The van der Waals surface area contributed by atoms with Gasteiger partial charge >= 0.3 is 6.18 Å². The van der Waals surface area contributed by atoms with Crippen LogP contribution in [0.25, 0.3) is 11.3 Å². The lowest BCUT2D eigenvalue weighted by Gasteiger charge is -2.13. The fourth-order valence-electron chi connectivity index (χ4n) is 2.59. The van der Waals surface area contributed by atoms with Gasteiger partial charge in [-0.05, 0) is 55.5 Å². The smallest absolute Gasteiger partial charge is 0.416 e. The molecule has 4 nitrogen and oxygen atoms in total. The number of aromatic nitrogens is 1. The van der Waals surface area contributed by atoms with Crippen molar-refractivity contribution in [2.75, 3.05) is 6.54 Å². The van der Waals surface area contributed by atoms with Crippen molar-refractivity contribution >= 4 is 5.91 Å². The number of carbonyl (C=O) groups excluding carboxylic acids is 1. The van der Waals surface area contributed by atoms with Gasteiger partial charge < -0.3 is 10.1 Å². The Balaban J connectivity index is 2.00. The molecule has 3 rings (SSSR count). The zero-order valence-corrected chi connectivity index (χ0v) is 15.3. The monoisotopic (exact) mass is 404 g/mol. The first kappa shape index (κ1) is 20.3. The lowest BCUT2D eigenvalue weighted by atomic mass is 10.1. The molecule has 150 valence electrons. The van der Waals surface area contributed by atoms with Crippen molar-refractivity contribution in [3.8, 4) is 22.8 Å². The molecule has 1 aromatic heterocycles. The summed E-state index contributed by atoms with van der Waals surface area (Å²) >= 11 is 0. The van der Waals surface area contributed by atoms with Crippen LogP contribution in [0.4, 0.5) is 17.6 Å². The molecule has 0 saturated heterocycles. The highest BCUT2D eigenvalue weighted by Crippen LogP contribution is 2.34. The van der Waals surface area contributed by atoms with Gasteiger partial charge in [-0.25, -0.2) is 9.37 Å². The predicted octanol–water partition coefficient (Wildman–Crippen LogP) is 5.45. The second-order valence-corrected chi connectivity index (χ2v) is 6.04. The quantitative estimate of drug-likeness (QED) is 0.576. The first-order valence-corrected chi connectivity index (χ1v) is 8.68. The number of ether oxygens (including phenoxy) is 1. The summed E-state index contributed by atoms with van der Waals surface area (Å²) in [5.41, 5.74) is -0.156. The van der Waals surface area contributed by atoms with Gasteiger partial charge in [0.25, 0.3) is 5.91 Å². The third-order valence-electron chi connectivity index (χ3n) is 3.94. The van der Waals surface area contributed by atoms with Crippen LogP contribution >= 0.6 is 0 Å². The van der Waals surface area contributed by atoms with Crippen molar-refractivity contribution in [3.63, 3.8) is 0 Å². The minimum atomic E-state index is -4.46. The molecule has 1 heterocycles. The van der Waals surface area contributed by atoms with E-state index in [1.807, 2.05) is 0 Å². The van der Waals surface area contributed by atoms with Crippen LogP contribution < -0.4 is 10.1 Å². The van der Waals surface area contributed by atoms with Gasteiger partial charge in [0.15, 0.2) is 5.75 Å². The Kier molecular flexibility index (Phi) is 5.81. The Morgan fingerprint density at radius 3 is 2.41 bits per heavy atom. The third-order valence-corrected chi connectivity index (χ3v) is 3.94. The van der Waals surface area contributed by atoms with Crippen LogP contribution in [-0.2, 0) is 6.18 Å². The van der Waals surface area contributed by atoms with Crippen molar-refractivity contribution in [3.05, 3.63) is 77.7 Å². The van der Waals surface area contributed by atoms with Gasteiger partial charge in [0.1, 0.15) is 23.0 Å². The lowest BCUT2D eigenvalue weighted by molar-refractivity contribution is -0.137. The van der Waals surface area contributed by atoms with E-state index in [9.17, 15) is 22.4 Å². The molecule has 0 aliphatic rings. The summed E-state index contributed by atoms with van der Waals surface area (Å²) in [6, 6.07) is 12.6. The fourth-order valence-corrected chi connectivity index (χ4v) is 2.59. The number of rotatable bonds is 5. The van der Waals surface area contributed by atoms with E-state index in [2.05, 4.69) is 10.3 Å². The normalized spacial score (nSPS) is 11.2. The number of hydrogen-bond donors (Lipinski definition) is 1. The van der Waals surface area contributed by atoms with E-state index in [4.69, 9.17) is 4.74 Å². The van der Waals surface area contributed by atoms with Gasteiger partial charge in [0.05, 0.1) is 5.56 Å². The summed E-state index contributed by atoms with van der Waals surface area (Å²) in [6.45, 7) is 2.16. The highest BCUT2D eigenvalue weighted by atomic mass is 19.4. The van der Waals surface area contributed by atoms with Crippen molar-refractivity contribution in [2.45, 2.75) is 13.1 Å². The number of benzene rings is 2. The fraction of sp³-hybridized carbons (Fsp3) is 0.143. The third kappa shape index (κ3) is 4.90. The molecule has 3 aromatic rings. The standard InChI is InChI=1S/C21H16F4N2O2/c1-2-26-20(28)17-10-11-18(19(27-17)13-4-3-5-15(22)12-13)29-16-8-6-14(7-9-16)21(23,24)25/h3-12H,2H2,1H3,(H,26,28). The summed E-state index contributed by atoms with van der Waals surface area (Å²) in [5, 5.41) is 2.62. The van der Waals surface area contributed by atoms with Gasteiger partial charge in [0, 0.05) is 12.1 Å². The number of pyridine rings is 1. The number of hydrogen-bond acceptors (Lipinski definition) is 3. The van der Waals surface area contributed by atoms with Crippen LogP contribution in [0, 0.1) is 5.82 Å². The average molecular weight is 404 g/mol. The van der Waals surface area contributed by atoms with E-state index in [-0.39, 0.29) is 22.9 Å². The van der Waals surface area contributed by atoms with E-state index in [1.165, 1.54) is 42.5 Å². The zero-order valence-electron chi connectivity index (χ0n) is 15.3. The molecule has 8 heteroatoms. The van der Waals surface area contributed by atoms with Crippen LogP contribution in [0.3, 0.4) is 0 Å². The molecule has 2 aromatic carbocycles. The summed E-state index contributed by atoms with van der Waals surface area (Å²) in [5.74, 6) is -0.606. The maximum absolute atomic E-state index is 13.7. The number of halogens is 4. The molecule has 0 bridgehead atoms. The topological polar surface area (TPSA) is 51.2 Å². The van der Waals surface area contributed by atoms with E-state index >= 15 is 0 Å².